The molecule has 1 aromatic carbocycles. The summed E-state index contributed by atoms with van der Waals surface area (Å²) in [6.45, 7) is 3.05. The summed E-state index contributed by atoms with van der Waals surface area (Å²) >= 11 is 0. The van der Waals surface area contributed by atoms with Crippen LogP contribution in [-0.2, 0) is 13.1 Å². The highest BCUT2D eigenvalue weighted by molar-refractivity contribution is 5.80. The number of carbonyl (C=O) groups excluding carboxylic acids is 1. The van der Waals surface area contributed by atoms with E-state index in [1.165, 1.54) is 10.9 Å². The number of aromatic nitrogens is 3. The van der Waals surface area contributed by atoms with Crippen LogP contribution >= 0.6 is 0 Å². The van der Waals surface area contributed by atoms with Crippen molar-refractivity contribution in [1.82, 2.24) is 24.6 Å². The Balaban J connectivity index is 1.27. The molecule has 0 radical (unpaired) electrons. The molecule has 1 aliphatic carbocycles. The summed E-state index contributed by atoms with van der Waals surface area (Å²) in [5, 5.41) is 8.61. The predicted molar refractivity (Wildman–Crippen MR) is 102 cm³/mol. The molecule has 2 aromatic heterocycles. The Bertz CT molecular complexity index is 879. The van der Waals surface area contributed by atoms with Gasteiger partial charge in [0, 0.05) is 62.7 Å². The summed E-state index contributed by atoms with van der Waals surface area (Å²) in [6, 6.07) is 12.4. The average molecular weight is 351 g/mol. The molecule has 0 atom stereocenters. The SMILES string of the molecule is CN(CCn1ccc2ccccc21)C(=O)NCC1(Cn2cccn2)CC1. The van der Waals surface area contributed by atoms with Crippen LogP contribution < -0.4 is 5.32 Å². The van der Waals surface area contributed by atoms with Gasteiger partial charge < -0.3 is 14.8 Å². The molecule has 2 heterocycles. The molecule has 1 fully saturated rings. The van der Waals surface area contributed by atoms with Crippen molar-refractivity contribution in [3.8, 4) is 0 Å². The van der Waals surface area contributed by atoms with Crippen LogP contribution in [0, 0.1) is 5.41 Å². The van der Waals surface area contributed by atoms with Gasteiger partial charge in [-0.25, -0.2) is 4.79 Å². The van der Waals surface area contributed by atoms with Crippen LogP contribution in [0.25, 0.3) is 10.9 Å². The fraction of sp³-hybridized carbons (Fsp3) is 0.400. The molecule has 3 aromatic rings. The van der Waals surface area contributed by atoms with Crippen LogP contribution in [0.3, 0.4) is 0 Å². The van der Waals surface area contributed by atoms with Gasteiger partial charge >= 0.3 is 6.03 Å². The Hall–Kier alpha value is -2.76. The van der Waals surface area contributed by atoms with Crippen LogP contribution in [0.15, 0.2) is 55.0 Å². The summed E-state index contributed by atoms with van der Waals surface area (Å²) in [5.74, 6) is 0. The minimum Gasteiger partial charge on any atom is -0.346 e. The van der Waals surface area contributed by atoms with Crippen molar-refractivity contribution in [2.24, 2.45) is 5.41 Å². The maximum Gasteiger partial charge on any atom is 0.317 e. The lowest BCUT2D eigenvalue weighted by molar-refractivity contribution is 0.203. The Kier molecular flexibility index (Phi) is 4.41. The zero-order chi connectivity index (χ0) is 18.0. The Labute approximate surface area is 153 Å². The summed E-state index contributed by atoms with van der Waals surface area (Å²) in [7, 11) is 1.86. The number of hydrogen-bond acceptors (Lipinski definition) is 2. The van der Waals surface area contributed by atoms with Crippen molar-refractivity contribution in [2.45, 2.75) is 25.9 Å². The summed E-state index contributed by atoms with van der Waals surface area (Å²) < 4.78 is 4.15. The van der Waals surface area contributed by atoms with Crippen molar-refractivity contribution in [3.05, 3.63) is 55.0 Å². The summed E-state index contributed by atoms with van der Waals surface area (Å²) in [6.07, 6.45) is 8.15. The van der Waals surface area contributed by atoms with E-state index in [0.717, 1.165) is 25.9 Å². The van der Waals surface area contributed by atoms with E-state index in [2.05, 4.69) is 39.4 Å². The first kappa shape index (κ1) is 16.7. The number of urea groups is 1. The molecule has 6 nitrogen and oxygen atoms in total. The predicted octanol–water partition coefficient (Wildman–Crippen LogP) is 2.96. The highest BCUT2D eigenvalue weighted by atomic mass is 16.2. The first-order valence-corrected chi connectivity index (χ1v) is 9.16. The molecule has 1 saturated carbocycles. The molecule has 136 valence electrons. The zero-order valence-electron chi connectivity index (χ0n) is 15.1. The lowest BCUT2D eigenvalue weighted by Gasteiger charge is -2.21. The molecule has 0 aliphatic heterocycles. The molecular weight excluding hydrogens is 326 g/mol. The molecule has 26 heavy (non-hydrogen) atoms. The van der Waals surface area contributed by atoms with Gasteiger partial charge in [0.25, 0.3) is 0 Å². The van der Waals surface area contributed by atoms with Crippen molar-refractivity contribution in [1.29, 1.82) is 0 Å². The zero-order valence-corrected chi connectivity index (χ0v) is 15.1. The maximum absolute atomic E-state index is 12.4. The van der Waals surface area contributed by atoms with Gasteiger partial charge in [0.2, 0.25) is 0 Å². The van der Waals surface area contributed by atoms with Crippen LogP contribution in [-0.4, -0.2) is 45.4 Å². The third-order valence-electron chi connectivity index (χ3n) is 5.33. The smallest absolute Gasteiger partial charge is 0.317 e. The lowest BCUT2D eigenvalue weighted by Crippen LogP contribution is -2.42. The highest BCUT2D eigenvalue weighted by Gasteiger charge is 2.43. The molecule has 1 N–H and O–H groups in total. The monoisotopic (exact) mass is 351 g/mol. The maximum atomic E-state index is 12.4. The molecule has 0 spiro atoms. The van der Waals surface area contributed by atoms with Crippen LogP contribution in [0.5, 0.6) is 0 Å². The number of hydrogen-bond donors (Lipinski definition) is 1. The van der Waals surface area contributed by atoms with Gasteiger partial charge in [-0.05, 0) is 36.4 Å². The summed E-state index contributed by atoms with van der Waals surface area (Å²) in [5.41, 5.74) is 1.39. The van der Waals surface area contributed by atoms with E-state index in [9.17, 15) is 4.79 Å². The van der Waals surface area contributed by atoms with Crippen molar-refractivity contribution in [2.75, 3.05) is 20.1 Å². The van der Waals surface area contributed by atoms with Crippen LogP contribution in [0.4, 0.5) is 4.79 Å². The second-order valence-corrected chi connectivity index (χ2v) is 7.35. The number of carbonyl (C=O) groups is 1. The summed E-state index contributed by atoms with van der Waals surface area (Å²) in [4.78, 5) is 14.2. The van der Waals surface area contributed by atoms with Gasteiger partial charge in [-0.3, -0.25) is 4.68 Å². The highest BCUT2D eigenvalue weighted by Crippen LogP contribution is 2.46. The van der Waals surface area contributed by atoms with Gasteiger partial charge in [-0.2, -0.15) is 5.10 Å². The van der Waals surface area contributed by atoms with Gasteiger partial charge in [0.05, 0.1) is 0 Å². The quantitative estimate of drug-likeness (QED) is 0.711. The molecule has 1 aliphatic rings. The topological polar surface area (TPSA) is 55.1 Å². The van der Waals surface area contributed by atoms with Gasteiger partial charge in [0.15, 0.2) is 0 Å². The average Bonchev–Trinajstić information content (AvgIpc) is 3.05. The van der Waals surface area contributed by atoms with Gasteiger partial charge in [-0.1, -0.05) is 18.2 Å². The molecule has 0 bridgehead atoms. The van der Waals surface area contributed by atoms with Crippen molar-refractivity contribution in [3.63, 3.8) is 0 Å². The fourth-order valence-corrected chi connectivity index (χ4v) is 3.40. The number of amides is 2. The molecule has 0 saturated heterocycles. The van der Waals surface area contributed by atoms with E-state index < -0.39 is 0 Å². The fourth-order valence-electron chi connectivity index (χ4n) is 3.40. The van der Waals surface area contributed by atoms with E-state index in [1.807, 2.05) is 36.1 Å². The number of rotatable bonds is 7. The van der Waals surface area contributed by atoms with E-state index in [0.29, 0.717) is 13.1 Å². The first-order valence-electron chi connectivity index (χ1n) is 9.16. The second-order valence-electron chi connectivity index (χ2n) is 7.35. The Morgan fingerprint density at radius 2 is 2.08 bits per heavy atom. The number of likely N-dealkylation sites (N-methyl/N-ethyl adjacent to an activating group) is 1. The number of fused-ring (bicyclic) bond motifs is 1. The number of nitrogens with one attached hydrogen (secondary N) is 1. The van der Waals surface area contributed by atoms with E-state index in [4.69, 9.17) is 0 Å². The van der Waals surface area contributed by atoms with E-state index >= 15 is 0 Å². The molecule has 6 heteroatoms. The number of benzene rings is 1. The van der Waals surface area contributed by atoms with Gasteiger partial charge in [0.1, 0.15) is 0 Å². The van der Waals surface area contributed by atoms with E-state index in [1.54, 1.807) is 11.1 Å². The largest absolute Gasteiger partial charge is 0.346 e. The van der Waals surface area contributed by atoms with Crippen LogP contribution in [0.1, 0.15) is 12.8 Å². The van der Waals surface area contributed by atoms with Crippen molar-refractivity contribution >= 4 is 16.9 Å². The second kappa shape index (κ2) is 6.86. The Morgan fingerprint density at radius 1 is 1.23 bits per heavy atom. The standard InChI is InChI=1S/C20H25N5O/c1-23(13-14-24-12-7-17-5-2-3-6-18(17)24)19(26)21-15-20(8-9-20)16-25-11-4-10-22-25/h2-7,10-12H,8-9,13-16H2,1H3,(H,21,26). The van der Waals surface area contributed by atoms with Crippen molar-refractivity contribution < 1.29 is 4.79 Å². The Morgan fingerprint density at radius 3 is 2.85 bits per heavy atom. The number of para-hydroxylation sites is 1. The lowest BCUT2D eigenvalue weighted by atomic mass is 10.1. The normalized spacial score (nSPS) is 15.1. The van der Waals surface area contributed by atoms with E-state index in [-0.39, 0.29) is 11.4 Å². The molecule has 2 amide bonds. The number of nitrogens with zero attached hydrogens (tertiary/aromatic N) is 4. The minimum atomic E-state index is -0.00629. The molecule has 4 rings (SSSR count). The van der Waals surface area contributed by atoms with Crippen LogP contribution in [0.2, 0.25) is 0 Å². The third kappa shape index (κ3) is 3.59. The molecular formula is C20H25N5O. The first-order chi connectivity index (χ1) is 12.7. The third-order valence-corrected chi connectivity index (χ3v) is 5.33. The minimum absolute atomic E-state index is 0.00629. The molecule has 0 unspecified atom stereocenters. The van der Waals surface area contributed by atoms with Gasteiger partial charge in [-0.15, -0.1) is 0 Å².